The van der Waals surface area contributed by atoms with Gasteiger partial charge in [-0.25, -0.2) is 4.98 Å². The Bertz CT molecular complexity index is 332. The zero-order chi connectivity index (χ0) is 11.5. The van der Waals surface area contributed by atoms with Crippen LogP contribution in [0.5, 0.6) is 0 Å². The van der Waals surface area contributed by atoms with Crippen molar-refractivity contribution in [2.45, 2.75) is 51.6 Å². The van der Waals surface area contributed by atoms with E-state index in [1.165, 1.54) is 25.1 Å². The first-order chi connectivity index (χ1) is 7.76. The zero-order valence-electron chi connectivity index (χ0n) is 10.6. The molecule has 2 rings (SSSR count). The third-order valence-electron chi connectivity index (χ3n) is 3.58. The molecule has 3 nitrogen and oxygen atoms in total. The number of hydrogen-bond acceptors (Lipinski definition) is 2. The first kappa shape index (κ1) is 11.6. The second kappa shape index (κ2) is 5.00. The molecule has 3 atom stereocenters. The Morgan fingerprint density at radius 1 is 1.56 bits per heavy atom. The van der Waals surface area contributed by atoms with E-state index in [1.54, 1.807) is 0 Å². The fourth-order valence-electron chi connectivity index (χ4n) is 2.49. The summed E-state index contributed by atoms with van der Waals surface area (Å²) in [5.41, 5.74) is 0. The van der Waals surface area contributed by atoms with E-state index >= 15 is 0 Å². The highest BCUT2D eigenvalue weighted by molar-refractivity contribution is 5.03. The highest BCUT2D eigenvalue weighted by atomic mass is 15.1. The van der Waals surface area contributed by atoms with Crippen LogP contribution >= 0.6 is 0 Å². The van der Waals surface area contributed by atoms with Gasteiger partial charge >= 0.3 is 0 Å². The van der Waals surface area contributed by atoms with Crippen LogP contribution in [0.4, 0.5) is 0 Å². The van der Waals surface area contributed by atoms with Crippen molar-refractivity contribution in [1.29, 1.82) is 0 Å². The minimum Gasteiger partial charge on any atom is -0.337 e. The molecule has 1 aliphatic carbocycles. The first-order valence-corrected chi connectivity index (χ1v) is 6.49. The van der Waals surface area contributed by atoms with Crippen molar-refractivity contribution in [3.05, 3.63) is 18.2 Å². The van der Waals surface area contributed by atoms with Crippen molar-refractivity contribution >= 4 is 0 Å². The lowest BCUT2D eigenvalue weighted by Crippen LogP contribution is -2.26. The van der Waals surface area contributed by atoms with Gasteiger partial charge in [-0.2, -0.15) is 0 Å². The molecule has 1 aliphatic rings. The van der Waals surface area contributed by atoms with Crippen LogP contribution in [0.15, 0.2) is 12.4 Å². The third kappa shape index (κ3) is 2.46. The van der Waals surface area contributed by atoms with Gasteiger partial charge in [0, 0.05) is 25.5 Å². The Morgan fingerprint density at radius 3 is 2.94 bits per heavy atom. The number of aromatic nitrogens is 2. The first-order valence-electron chi connectivity index (χ1n) is 6.49. The van der Waals surface area contributed by atoms with Crippen LogP contribution in [-0.4, -0.2) is 15.6 Å². The topological polar surface area (TPSA) is 29.9 Å². The quantitative estimate of drug-likeness (QED) is 0.800. The van der Waals surface area contributed by atoms with E-state index < -0.39 is 0 Å². The monoisotopic (exact) mass is 221 g/mol. The van der Waals surface area contributed by atoms with Crippen molar-refractivity contribution in [2.24, 2.45) is 13.0 Å². The van der Waals surface area contributed by atoms with E-state index in [1.807, 2.05) is 12.4 Å². The predicted molar refractivity (Wildman–Crippen MR) is 66.2 cm³/mol. The minimum atomic E-state index is 0.423. The van der Waals surface area contributed by atoms with Crippen molar-refractivity contribution in [2.75, 3.05) is 0 Å². The van der Waals surface area contributed by atoms with Gasteiger partial charge in [-0.15, -0.1) is 0 Å². The molecule has 1 saturated carbocycles. The summed E-state index contributed by atoms with van der Waals surface area (Å²) in [6, 6.07) is 1.16. The molecule has 3 heteroatoms. The number of rotatable bonds is 6. The van der Waals surface area contributed by atoms with Crippen molar-refractivity contribution < 1.29 is 0 Å². The summed E-state index contributed by atoms with van der Waals surface area (Å²) in [5, 5.41) is 3.74. The second-order valence-electron chi connectivity index (χ2n) is 4.91. The summed E-state index contributed by atoms with van der Waals surface area (Å²) >= 11 is 0. The SMILES string of the molecule is CCCC1CC1NC(CC)c1nccn1C. The van der Waals surface area contributed by atoms with Crippen molar-refractivity contribution in [1.82, 2.24) is 14.9 Å². The van der Waals surface area contributed by atoms with E-state index in [0.29, 0.717) is 6.04 Å². The van der Waals surface area contributed by atoms with E-state index in [4.69, 9.17) is 0 Å². The van der Waals surface area contributed by atoms with Gasteiger partial charge in [-0.05, 0) is 25.2 Å². The summed E-state index contributed by atoms with van der Waals surface area (Å²) in [7, 11) is 2.07. The maximum Gasteiger partial charge on any atom is 0.125 e. The molecule has 0 aliphatic heterocycles. The van der Waals surface area contributed by atoms with Crippen molar-refractivity contribution in [3.8, 4) is 0 Å². The largest absolute Gasteiger partial charge is 0.337 e. The lowest BCUT2D eigenvalue weighted by Gasteiger charge is -2.16. The maximum absolute atomic E-state index is 4.44. The molecule has 1 aromatic heterocycles. The van der Waals surface area contributed by atoms with Gasteiger partial charge in [0.2, 0.25) is 0 Å². The van der Waals surface area contributed by atoms with Crippen LogP contribution in [0.3, 0.4) is 0 Å². The van der Waals surface area contributed by atoms with E-state index in [2.05, 4.69) is 35.8 Å². The summed E-state index contributed by atoms with van der Waals surface area (Å²) in [5.74, 6) is 2.09. The Morgan fingerprint density at radius 2 is 2.38 bits per heavy atom. The third-order valence-corrected chi connectivity index (χ3v) is 3.58. The molecule has 0 bridgehead atoms. The van der Waals surface area contributed by atoms with Crippen LogP contribution < -0.4 is 5.32 Å². The van der Waals surface area contributed by atoms with Gasteiger partial charge < -0.3 is 9.88 Å². The van der Waals surface area contributed by atoms with Crippen LogP contribution in [0.25, 0.3) is 0 Å². The molecule has 1 N–H and O–H groups in total. The number of hydrogen-bond donors (Lipinski definition) is 1. The Hall–Kier alpha value is -0.830. The molecule has 1 heterocycles. The van der Waals surface area contributed by atoms with Crippen molar-refractivity contribution in [3.63, 3.8) is 0 Å². The van der Waals surface area contributed by atoms with E-state index in [9.17, 15) is 0 Å². The van der Waals surface area contributed by atoms with Gasteiger partial charge in [-0.1, -0.05) is 20.3 Å². The van der Waals surface area contributed by atoms with E-state index in [0.717, 1.165) is 18.4 Å². The van der Waals surface area contributed by atoms with Crippen LogP contribution in [-0.2, 0) is 7.05 Å². The lowest BCUT2D eigenvalue weighted by molar-refractivity contribution is 0.459. The summed E-state index contributed by atoms with van der Waals surface area (Å²) in [4.78, 5) is 4.44. The summed E-state index contributed by atoms with van der Waals surface area (Å²) in [6.07, 6.45) is 9.05. The van der Waals surface area contributed by atoms with Crippen LogP contribution in [0.2, 0.25) is 0 Å². The van der Waals surface area contributed by atoms with Crippen LogP contribution in [0.1, 0.15) is 51.4 Å². The number of aryl methyl sites for hydroxylation is 1. The summed E-state index contributed by atoms with van der Waals surface area (Å²) in [6.45, 7) is 4.50. The van der Waals surface area contributed by atoms with Gasteiger partial charge in [0.15, 0.2) is 0 Å². The number of nitrogens with one attached hydrogen (secondary N) is 1. The number of imidazole rings is 1. The smallest absolute Gasteiger partial charge is 0.125 e. The molecule has 90 valence electrons. The highest BCUT2D eigenvalue weighted by Crippen LogP contribution is 2.36. The molecule has 0 saturated heterocycles. The van der Waals surface area contributed by atoms with Gasteiger partial charge in [0.25, 0.3) is 0 Å². The highest BCUT2D eigenvalue weighted by Gasteiger charge is 2.37. The zero-order valence-corrected chi connectivity index (χ0v) is 10.6. The average Bonchev–Trinajstić information content (AvgIpc) is 2.86. The van der Waals surface area contributed by atoms with Gasteiger partial charge in [0.05, 0.1) is 6.04 Å². The Labute approximate surface area is 98.3 Å². The predicted octanol–water partition coefficient (Wildman–Crippen LogP) is 2.65. The van der Waals surface area contributed by atoms with E-state index in [-0.39, 0.29) is 0 Å². The maximum atomic E-state index is 4.44. The fraction of sp³-hybridized carbons (Fsp3) is 0.769. The molecule has 0 amide bonds. The lowest BCUT2D eigenvalue weighted by atomic mass is 10.2. The Kier molecular flexibility index (Phi) is 3.64. The normalized spacial score (nSPS) is 25.7. The van der Waals surface area contributed by atoms with Gasteiger partial charge in [-0.3, -0.25) is 0 Å². The van der Waals surface area contributed by atoms with Gasteiger partial charge in [0.1, 0.15) is 5.82 Å². The molecular weight excluding hydrogens is 198 g/mol. The summed E-state index contributed by atoms with van der Waals surface area (Å²) < 4.78 is 2.12. The molecule has 0 radical (unpaired) electrons. The number of nitrogens with zero attached hydrogens (tertiary/aromatic N) is 2. The average molecular weight is 221 g/mol. The minimum absolute atomic E-state index is 0.423. The second-order valence-corrected chi connectivity index (χ2v) is 4.91. The fourth-order valence-corrected chi connectivity index (χ4v) is 2.49. The standard InChI is InChI=1S/C13H23N3/c1-4-6-10-9-12(10)15-11(5-2)13-14-7-8-16(13)3/h7-8,10-12,15H,4-6,9H2,1-3H3. The molecule has 1 fully saturated rings. The molecule has 1 aromatic rings. The molecule has 3 unspecified atom stereocenters. The molecule has 0 aromatic carbocycles. The van der Waals surface area contributed by atoms with Crippen LogP contribution in [0, 0.1) is 5.92 Å². The molecule has 0 spiro atoms. The molecular formula is C13H23N3. The Balaban J connectivity index is 1.90. The molecule has 16 heavy (non-hydrogen) atoms.